The Bertz CT molecular complexity index is 1080. The SMILES string of the molecule is C=C(C(=O)CC(C)C1CCC2(C)C3=C(CCC12C)C1(C)CCC(OC(C)=O)C(C)(C)C1CC3)C(C)C(=O)OC. The number of esters is 2. The van der Waals surface area contributed by atoms with Crippen LogP contribution in [0.3, 0.4) is 0 Å². The summed E-state index contributed by atoms with van der Waals surface area (Å²) in [4.78, 5) is 37.0. The second-order valence-electron chi connectivity index (χ2n) is 14.7. The molecule has 2 fully saturated rings. The first-order chi connectivity index (χ1) is 18.0. The van der Waals surface area contributed by atoms with Crippen LogP contribution in [0, 0.1) is 45.3 Å². The molecule has 0 aliphatic heterocycles. The van der Waals surface area contributed by atoms with Crippen LogP contribution in [0.15, 0.2) is 23.3 Å². The van der Waals surface area contributed by atoms with Crippen molar-refractivity contribution >= 4 is 17.7 Å². The van der Waals surface area contributed by atoms with Crippen LogP contribution >= 0.6 is 0 Å². The van der Waals surface area contributed by atoms with Gasteiger partial charge in [0.1, 0.15) is 6.10 Å². The van der Waals surface area contributed by atoms with Crippen molar-refractivity contribution in [3.8, 4) is 0 Å². The molecular weight excluding hydrogens is 488 g/mol. The van der Waals surface area contributed by atoms with Gasteiger partial charge in [0.25, 0.3) is 0 Å². The van der Waals surface area contributed by atoms with Gasteiger partial charge in [-0.1, -0.05) is 59.3 Å². The molecule has 0 aromatic carbocycles. The number of hydrogen-bond acceptors (Lipinski definition) is 5. The van der Waals surface area contributed by atoms with Gasteiger partial charge in [-0.2, -0.15) is 0 Å². The molecule has 5 heteroatoms. The number of ketones is 1. The molecule has 0 saturated heterocycles. The quantitative estimate of drug-likeness (QED) is 0.189. The predicted molar refractivity (Wildman–Crippen MR) is 154 cm³/mol. The van der Waals surface area contributed by atoms with Gasteiger partial charge in [0.05, 0.1) is 13.0 Å². The first-order valence-electron chi connectivity index (χ1n) is 15.2. The van der Waals surface area contributed by atoms with Gasteiger partial charge in [-0.25, -0.2) is 0 Å². The van der Waals surface area contributed by atoms with Crippen LogP contribution in [0.1, 0.15) is 113 Å². The largest absolute Gasteiger partial charge is 0.469 e. The molecule has 0 spiro atoms. The number of ether oxygens (including phenoxy) is 2. The number of methoxy groups -OCH3 is 1. The molecule has 0 aromatic rings. The molecule has 218 valence electrons. The Balaban J connectivity index is 1.58. The Morgan fingerprint density at radius 3 is 2.23 bits per heavy atom. The lowest BCUT2D eigenvalue weighted by Crippen LogP contribution is -2.55. The third-order valence-electron chi connectivity index (χ3n) is 12.7. The number of hydrogen-bond donors (Lipinski definition) is 0. The van der Waals surface area contributed by atoms with Gasteiger partial charge < -0.3 is 9.47 Å². The van der Waals surface area contributed by atoms with Crippen molar-refractivity contribution in [2.75, 3.05) is 7.11 Å². The fraction of sp³-hybridized carbons (Fsp3) is 0.794. The fourth-order valence-electron chi connectivity index (χ4n) is 10.2. The Morgan fingerprint density at radius 2 is 1.62 bits per heavy atom. The molecule has 5 nitrogen and oxygen atoms in total. The lowest BCUT2D eigenvalue weighted by atomic mass is 9.43. The van der Waals surface area contributed by atoms with Crippen molar-refractivity contribution in [2.45, 2.75) is 119 Å². The van der Waals surface area contributed by atoms with E-state index in [9.17, 15) is 14.4 Å². The van der Waals surface area contributed by atoms with Gasteiger partial charge in [0.15, 0.2) is 5.78 Å². The zero-order valence-electron chi connectivity index (χ0n) is 26.0. The monoisotopic (exact) mass is 540 g/mol. The first-order valence-corrected chi connectivity index (χ1v) is 15.2. The summed E-state index contributed by atoms with van der Waals surface area (Å²) in [6.07, 6.45) is 9.32. The molecule has 39 heavy (non-hydrogen) atoms. The summed E-state index contributed by atoms with van der Waals surface area (Å²) in [7, 11) is 1.35. The molecule has 4 rings (SSSR count). The molecule has 8 unspecified atom stereocenters. The maximum absolute atomic E-state index is 13.2. The minimum Gasteiger partial charge on any atom is -0.469 e. The van der Waals surface area contributed by atoms with Crippen LogP contribution in [-0.4, -0.2) is 30.9 Å². The van der Waals surface area contributed by atoms with Crippen LogP contribution in [0.2, 0.25) is 0 Å². The maximum Gasteiger partial charge on any atom is 0.312 e. The number of fused-ring (bicyclic) bond motifs is 4. The summed E-state index contributed by atoms with van der Waals surface area (Å²) in [6.45, 7) is 21.6. The van der Waals surface area contributed by atoms with Crippen LogP contribution in [0.25, 0.3) is 0 Å². The van der Waals surface area contributed by atoms with Crippen LogP contribution in [-0.2, 0) is 23.9 Å². The van der Waals surface area contributed by atoms with Gasteiger partial charge in [0, 0.05) is 24.3 Å². The Labute approximate surface area is 236 Å². The van der Waals surface area contributed by atoms with E-state index >= 15 is 0 Å². The lowest BCUT2D eigenvalue weighted by Gasteiger charge is -2.62. The van der Waals surface area contributed by atoms with Gasteiger partial charge in [-0.15, -0.1) is 0 Å². The maximum atomic E-state index is 13.2. The highest BCUT2D eigenvalue weighted by atomic mass is 16.5. The standard InChI is InChI=1S/C34H52O5/c1-20(19-27(36)21(2)22(3)30(37)38-10)24-13-17-34(9)26-11-12-28-31(5,6)29(39-23(4)35)15-16-32(28,7)25(26)14-18-33(24,34)8/h20,22,24,28-29H,2,11-19H2,1,3-10H3. The van der Waals surface area contributed by atoms with Crippen LogP contribution < -0.4 is 0 Å². The average molecular weight is 541 g/mol. The van der Waals surface area contributed by atoms with Gasteiger partial charge in [-0.05, 0) is 92.3 Å². The number of allylic oxidation sites excluding steroid dienone is 2. The highest BCUT2D eigenvalue weighted by Gasteiger charge is 2.63. The van der Waals surface area contributed by atoms with E-state index < -0.39 is 11.9 Å². The summed E-state index contributed by atoms with van der Waals surface area (Å²) in [5.41, 5.74) is 4.18. The lowest BCUT2D eigenvalue weighted by molar-refractivity contribution is -0.167. The van der Waals surface area contributed by atoms with Crippen molar-refractivity contribution in [3.05, 3.63) is 23.3 Å². The van der Waals surface area contributed by atoms with Crippen molar-refractivity contribution in [1.29, 1.82) is 0 Å². The van der Waals surface area contributed by atoms with Gasteiger partial charge >= 0.3 is 11.9 Å². The molecule has 0 amide bonds. The van der Waals surface area contributed by atoms with Gasteiger partial charge in [-0.3, -0.25) is 14.4 Å². The second kappa shape index (κ2) is 10.2. The summed E-state index contributed by atoms with van der Waals surface area (Å²) in [6, 6.07) is 0. The average Bonchev–Trinajstić information content (AvgIpc) is 3.15. The van der Waals surface area contributed by atoms with E-state index in [1.54, 1.807) is 18.1 Å². The van der Waals surface area contributed by atoms with E-state index in [1.165, 1.54) is 20.5 Å². The topological polar surface area (TPSA) is 69.7 Å². The van der Waals surface area contributed by atoms with Crippen molar-refractivity contribution in [2.24, 2.45) is 45.3 Å². The summed E-state index contributed by atoms with van der Waals surface area (Å²) in [5.74, 6) is 0.0298. The summed E-state index contributed by atoms with van der Waals surface area (Å²) < 4.78 is 10.7. The molecule has 0 bridgehead atoms. The van der Waals surface area contributed by atoms with Crippen LogP contribution in [0.4, 0.5) is 0 Å². The normalized spacial score (nSPS) is 38.5. The zero-order valence-corrected chi connectivity index (χ0v) is 26.0. The highest BCUT2D eigenvalue weighted by Crippen LogP contribution is 2.72. The number of carbonyl (C=O) groups is 3. The number of carbonyl (C=O) groups excluding carboxylic acids is 3. The van der Waals surface area contributed by atoms with Crippen LogP contribution in [0.5, 0.6) is 0 Å². The van der Waals surface area contributed by atoms with E-state index in [2.05, 4.69) is 48.1 Å². The molecule has 2 saturated carbocycles. The molecule has 0 aromatic heterocycles. The smallest absolute Gasteiger partial charge is 0.312 e. The van der Waals surface area contributed by atoms with E-state index in [4.69, 9.17) is 9.47 Å². The van der Waals surface area contributed by atoms with Crippen molar-refractivity contribution < 1.29 is 23.9 Å². The first kappa shape index (κ1) is 30.1. The minimum atomic E-state index is -0.599. The molecule has 8 atom stereocenters. The van der Waals surface area contributed by atoms with Crippen molar-refractivity contribution in [3.63, 3.8) is 0 Å². The Morgan fingerprint density at radius 1 is 0.949 bits per heavy atom. The van der Waals surface area contributed by atoms with E-state index in [-0.39, 0.29) is 45.4 Å². The second-order valence-corrected chi connectivity index (χ2v) is 14.7. The van der Waals surface area contributed by atoms with Gasteiger partial charge in [0.2, 0.25) is 0 Å². The molecule has 0 heterocycles. The highest BCUT2D eigenvalue weighted by molar-refractivity contribution is 5.99. The third kappa shape index (κ3) is 4.54. The molecule has 4 aliphatic carbocycles. The molecule has 0 radical (unpaired) electrons. The predicted octanol–water partition coefficient (Wildman–Crippen LogP) is 7.63. The number of Topliss-reactive ketones (excluding diaryl/α,β-unsaturated/α-hetero) is 1. The molecule has 4 aliphatic rings. The molecule has 0 N–H and O–H groups in total. The Hall–Kier alpha value is -1.91. The van der Waals surface area contributed by atoms with Crippen molar-refractivity contribution in [1.82, 2.24) is 0 Å². The van der Waals surface area contributed by atoms with E-state index in [0.29, 0.717) is 23.8 Å². The minimum absolute atomic E-state index is 0.00638. The zero-order chi connectivity index (χ0) is 29.1. The fourth-order valence-corrected chi connectivity index (χ4v) is 10.2. The Kier molecular flexibility index (Phi) is 7.84. The number of rotatable bonds is 7. The van der Waals surface area contributed by atoms with E-state index in [1.807, 2.05) is 0 Å². The summed E-state index contributed by atoms with van der Waals surface area (Å²) in [5, 5.41) is 0. The van der Waals surface area contributed by atoms with E-state index in [0.717, 1.165) is 44.9 Å². The molecular formula is C34H52O5. The summed E-state index contributed by atoms with van der Waals surface area (Å²) >= 11 is 0. The third-order valence-corrected chi connectivity index (χ3v) is 12.7.